The quantitative estimate of drug-likeness (QED) is 0.840. The van der Waals surface area contributed by atoms with Crippen LogP contribution < -0.4 is 20.1 Å². The van der Waals surface area contributed by atoms with Gasteiger partial charge >= 0.3 is 0 Å². The third-order valence-corrected chi connectivity index (χ3v) is 3.16. The second-order valence-corrected chi connectivity index (χ2v) is 4.89. The molecule has 0 aliphatic carbocycles. The van der Waals surface area contributed by atoms with E-state index in [9.17, 15) is 0 Å². The van der Waals surface area contributed by atoms with E-state index in [-0.39, 0.29) is 0 Å². The van der Waals surface area contributed by atoms with Crippen molar-refractivity contribution in [1.82, 2.24) is 0 Å². The van der Waals surface area contributed by atoms with Gasteiger partial charge in [-0.15, -0.1) is 0 Å². The summed E-state index contributed by atoms with van der Waals surface area (Å²) in [6, 6.07) is 13.5. The molecular formula is C16H18N2O2S. The minimum absolute atomic E-state index is 0.475. The van der Waals surface area contributed by atoms with Crippen molar-refractivity contribution < 1.29 is 9.47 Å². The van der Waals surface area contributed by atoms with Crippen LogP contribution in [-0.2, 0) is 0 Å². The first-order chi connectivity index (χ1) is 10.1. The lowest BCUT2D eigenvalue weighted by Gasteiger charge is -2.15. The number of hydrogen-bond donors (Lipinski definition) is 2. The predicted octanol–water partition coefficient (Wildman–Crippen LogP) is 3.82. The van der Waals surface area contributed by atoms with Crippen molar-refractivity contribution in [3.05, 3.63) is 48.0 Å². The number of para-hydroxylation sites is 2. The monoisotopic (exact) mass is 302 g/mol. The van der Waals surface area contributed by atoms with Crippen molar-refractivity contribution in [2.45, 2.75) is 6.92 Å². The molecule has 0 unspecified atom stereocenters. The van der Waals surface area contributed by atoms with Gasteiger partial charge in [-0.1, -0.05) is 18.2 Å². The Balaban J connectivity index is 2.13. The number of ether oxygens (including phenoxy) is 2. The smallest absolute Gasteiger partial charge is 0.175 e. The van der Waals surface area contributed by atoms with Gasteiger partial charge in [0.15, 0.2) is 5.11 Å². The van der Waals surface area contributed by atoms with Crippen molar-refractivity contribution in [2.24, 2.45) is 0 Å². The maximum Gasteiger partial charge on any atom is 0.175 e. The number of hydrogen-bond acceptors (Lipinski definition) is 3. The summed E-state index contributed by atoms with van der Waals surface area (Å²) >= 11 is 5.34. The summed E-state index contributed by atoms with van der Waals surface area (Å²) in [4.78, 5) is 0. The summed E-state index contributed by atoms with van der Waals surface area (Å²) < 4.78 is 10.6. The normalized spacial score (nSPS) is 9.86. The summed E-state index contributed by atoms with van der Waals surface area (Å²) in [6.45, 7) is 2.02. The Morgan fingerprint density at radius 2 is 1.52 bits per heavy atom. The largest absolute Gasteiger partial charge is 0.495 e. The number of aryl methyl sites for hydroxylation is 1. The topological polar surface area (TPSA) is 42.5 Å². The molecule has 0 aliphatic rings. The average molecular weight is 302 g/mol. The fourth-order valence-corrected chi connectivity index (χ4v) is 2.16. The maximum atomic E-state index is 5.34. The molecule has 0 fully saturated rings. The molecule has 110 valence electrons. The SMILES string of the molecule is COc1ccccc1NC(=S)Nc1cc(C)ccc1OC. The van der Waals surface area contributed by atoms with E-state index in [1.54, 1.807) is 14.2 Å². The highest BCUT2D eigenvalue weighted by atomic mass is 32.1. The van der Waals surface area contributed by atoms with Gasteiger partial charge in [0.2, 0.25) is 0 Å². The van der Waals surface area contributed by atoms with Gasteiger partial charge in [0.1, 0.15) is 11.5 Å². The maximum absolute atomic E-state index is 5.34. The summed E-state index contributed by atoms with van der Waals surface area (Å²) in [5.41, 5.74) is 2.76. The Hall–Kier alpha value is -2.27. The van der Waals surface area contributed by atoms with E-state index in [1.165, 1.54) is 0 Å². The van der Waals surface area contributed by atoms with Crippen molar-refractivity contribution in [3.63, 3.8) is 0 Å². The standard InChI is InChI=1S/C16H18N2O2S/c1-11-8-9-15(20-3)13(10-11)18-16(21)17-12-6-4-5-7-14(12)19-2/h4-10H,1-3H3,(H2,17,18,21). The molecule has 4 nitrogen and oxygen atoms in total. The number of methoxy groups -OCH3 is 2. The van der Waals surface area contributed by atoms with Gasteiger partial charge in [-0.05, 0) is 49.0 Å². The molecule has 0 amide bonds. The third-order valence-electron chi connectivity index (χ3n) is 2.96. The Kier molecular flexibility index (Phi) is 5.00. The van der Waals surface area contributed by atoms with E-state index < -0.39 is 0 Å². The molecule has 0 atom stereocenters. The minimum Gasteiger partial charge on any atom is -0.495 e. The van der Waals surface area contributed by atoms with Gasteiger partial charge in [-0.3, -0.25) is 0 Å². The Morgan fingerprint density at radius 3 is 2.24 bits per heavy atom. The van der Waals surface area contributed by atoms with Gasteiger partial charge in [0.25, 0.3) is 0 Å². The van der Waals surface area contributed by atoms with Gasteiger partial charge in [-0.25, -0.2) is 0 Å². The Morgan fingerprint density at radius 1 is 0.905 bits per heavy atom. The highest BCUT2D eigenvalue weighted by molar-refractivity contribution is 7.80. The van der Waals surface area contributed by atoms with Gasteiger partial charge in [0, 0.05) is 0 Å². The van der Waals surface area contributed by atoms with Crippen LogP contribution in [0.5, 0.6) is 11.5 Å². The van der Waals surface area contributed by atoms with Crippen LogP contribution in [0, 0.1) is 6.92 Å². The zero-order chi connectivity index (χ0) is 15.2. The minimum atomic E-state index is 0.475. The van der Waals surface area contributed by atoms with E-state index in [0.29, 0.717) is 5.11 Å². The van der Waals surface area contributed by atoms with E-state index in [1.807, 2.05) is 49.4 Å². The van der Waals surface area contributed by atoms with Crippen molar-refractivity contribution >= 4 is 28.7 Å². The van der Waals surface area contributed by atoms with Crippen LogP contribution in [0.15, 0.2) is 42.5 Å². The van der Waals surface area contributed by atoms with E-state index >= 15 is 0 Å². The summed E-state index contributed by atoms with van der Waals surface area (Å²) in [5, 5.41) is 6.74. The predicted molar refractivity (Wildman–Crippen MR) is 90.6 cm³/mol. The molecule has 0 saturated carbocycles. The summed E-state index contributed by atoms with van der Waals surface area (Å²) in [6.07, 6.45) is 0. The van der Waals surface area contributed by atoms with Crippen molar-refractivity contribution in [3.8, 4) is 11.5 Å². The first kappa shape index (κ1) is 15.1. The van der Waals surface area contributed by atoms with E-state index in [2.05, 4.69) is 10.6 Å². The number of rotatable bonds is 4. The van der Waals surface area contributed by atoms with E-state index in [4.69, 9.17) is 21.7 Å². The van der Waals surface area contributed by atoms with Crippen LogP contribution >= 0.6 is 12.2 Å². The first-order valence-electron chi connectivity index (χ1n) is 6.49. The molecule has 0 heterocycles. The van der Waals surface area contributed by atoms with Crippen molar-refractivity contribution in [2.75, 3.05) is 24.9 Å². The van der Waals surface area contributed by atoms with Gasteiger partial charge < -0.3 is 20.1 Å². The van der Waals surface area contributed by atoms with Crippen LogP contribution in [0.1, 0.15) is 5.56 Å². The average Bonchev–Trinajstić information content (AvgIpc) is 2.48. The molecule has 0 saturated heterocycles. The van der Waals surface area contributed by atoms with Crippen LogP contribution in [0.25, 0.3) is 0 Å². The van der Waals surface area contributed by atoms with Crippen LogP contribution in [-0.4, -0.2) is 19.3 Å². The fourth-order valence-electron chi connectivity index (χ4n) is 1.94. The van der Waals surface area contributed by atoms with Crippen LogP contribution in [0.4, 0.5) is 11.4 Å². The lowest BCUT2D eigenvalue weighted by atomic mass is 10.2. The molecule has 0 spiro atoms. The highest BCUT2D eigenvalue weighted by Gasteiger charge is 2.07. The number of nitrogens with one attached hydrogen (secondary N) is 2. The summed E-state index contributed by atoms with van der Waals surface area (Å²) in [7, 11) is 3.26. The number of thiocarbonyl (C=S) groups is 1. The molecule has 0 bridgehead atoms. The second-order valence-electron chi connectivity index (χ2n) is 4.48. The molecule has 0 radical (unpaired) electrons. The molecular weight excluding hydrogens is 284 g/mol. The zero-order valence-corrected chi connectivity index (χ0v) is 13.1. The van der Waals surface area contributed by atoms with Crippen LogP contribution in [0.2, 0.25) is 0 Å². The molecule has 2 rings (SSSR count). The Bertz CT molecular complexity index is 644. The Labute approximate surface area is 130 Å². The number of anilines is 2. The van der Waals surface area contributed by atoms with Gasteiger partial charge in [-0.2, -0.15) is 0 Å². The third kappa shape index (κ3) is 3.86. The van der Waals surface area contributed by atoms with E-state index in [0.717, 1.165) is 28.4 Å². The first-order valence-corrected chi connectivity index (χ1v) is 6.90. The molecule has 2 aromatic carbocycles. The lowest BCUT2D eigenvalue weighted by molar-refractivity contribution is 0.416. The van der Waals surface area contributed by atoms with Gasteiger partial charge in [0.05, 0.1) is 25.6 Å². The summed E-state index contributed by atoms with van der Waals surface area (Å²) in [5.74, 6) is 1.47. The second kappa shape index (κ2) is 6.95. The fraction of sp³-hybridized carbons (Fsp3) is 0.188. The highest BCUT2D eigenvalue weighted by Crippen LogP contribution is 2.27. The molecule has 0 aliphatic heterocycles. The zero-order valence-electron chi connectivity index (χ0n) is 12.3. The molecule has 5 heteroatoms. The molecule has 21 heavy (non-hydrogen) atoms. The molecule has 2 aromatic rings. The number of benzene rings is 2. The lowest BCUT2D eigenvalue weighted by Crippen LogP contribution is -2.20. The van der Waals surface area contributed by atoms with Crippen molar-refractivity contribution in [1.29, 1.82) is 0 Å². The molecule has 0 aromatic heterocycles. The van der Waals surface area contributed by atoms with Crippen LogP contribution in [0.3, 0.4) is 0 Å². The molecule has 2 N–H and O–H groups in total.